The number of aliphatic carboxylic acids is 1. The van der Waals surface area contributed by atoms with Crippen LogP contribution < -0.4 is 0 Å². The monoisotopic (exact) mass is 445 g/mol. The van der Waals surface area contributed by atoms with E-state index in [2.05, 4.69) is 6.58 Å². The number of hydrogen-bond donors (Lipinski definition) is 1. The number of carboxylic acids is 1. The van der Waals surface area contributed by atoms with Gasteiger partial charge in [0.1, 0.15) is 6.04 Å². The summed E-state index contributed by atoms with van der Waals surface area (Å²) in [6.45, 7) is 5.58. The fraction of sp³-hybridized carbons (Fsp3) is 0.333. The molecule has 1 N–H and O–H groups in total. The summed E-state index contributed by atoms with van der Waals surface area (Å²) in [5, 5.41) is 11.1. The number of hydrogen-bond acceptors (Lipinski definition) is 2. The van der Waals surface area contributed by atoms with Gasteiger partial charge in [-0.2, -0.15) is 0 Å². The summed E-state index contributed by atoms with van der Waals surface area (Å²) in [6, 6.07) is 13.5. The van der Waals surface area contributed by atoms with Gasteiger partial charge in [-0.25, -0.2) is 4.79 Å². The first kappa shape index (κ1) is 22.4. The zero-order valence-corrected chi connectivity index (χ0v) is 18.3. The van der Waals surface area contributed by atoms with E-state index in [9.17, 15) is 14.7 Å². The minimum absolute atomic E-state index is 0.110. The molecule has 4 nitrogen and oxygen atoms in total. The van der Waals surface area contributed by atoms with Gasteiger partial charge in [0, 0.05) is 21.9 Å². The standard InChI is InChI=1S/C24H25Cl2NO3/c1-3-6-17-14-20(16-7-5-8-19(26)13-16)22(15-9-11-18(25)12-10-15)27(23(17)28)21(4-2)24(29)30/h3,5,7-13,17,20-22H,1,4,6,14H2,2H3,(H,29,30)/t17-,20+,21-,22+/m0/s1. The summed E-state index contributed by atoms with van der Waals surface area (Å²) in [7, 11) is 0. The van der Waals surface area contributed by atoms with E-state index >= 15 is 0 Å². The van der Waals surface area contributed by atoms with E-state index in [1.165, 1.54) is 0 Å². The smallest absolute Gasteiger partial charge is 0.326 e. The second-order valence-corrected chi connectivity index (χ2v) is 8.50. The molecule has 158 valence electrons. The van der Waals surface area contributed by atoms with Crippen molar-refractivity contribution in [1.29, 1.82) is 0 Å². The molecule has 3 rings (SSSR count). The lowest BCUT2D eigenvalue weighted by Crippen LogP contribution is -2.54. The Morgan fingerprint density at radius 3 is 2.47 bits per heavy atom. The van der Waals surface area contributed by atoms with Crippen LogP contribution in [0.5, 0.6) is 0 Å². The van der Waals surface area contributed by atoms with Gasteiger partial charge in [0.25, 0.3) is 0 Å². The van der Waals surface area contributed by atoms with E-state index < -0.39 is 18.1 Å². The molecule has 1 heterocycles. The molecular formula is C24H25Cl2NO3. The zero-order chi connectivity index (χ0) is 21.8. The van der Waals surface area contributed by atoms with Crippen molar-refractivity contribution in [3.05, 3.63) is 82.4 Å². The average Bonchev–Trinajstić information content (AvgIpc) is 2.71. The summed E-state index contributed by atoms with van der Waals surface area (Å²) in [4.78, 5) is 27.2. The minimum Gasteiger partial charge on any atom is -0.480 e. The van der Waals surface area contributed by atoms with Crippen molar-refractivity contribution in [1.82, 2.24) is 4.90 Å². The SMILES string of the molecule is C=CC[C@H]1C[C@H](c2cccc(Cl)c2)[C@@H](c2ccc(Cl)cc2)N([C@@H](CC)C(=O)O)C1=O. The number of piperidine rings is 1. The number of carbonyl (C=O) groups is 2. The number of carboxylic acid groups (broad SMARTS) is 1. The van der Waals surface area contributed by atoms with Crippen molar-refractivity contribution in [3.8, 4) is 0 Å². The number of carbonyl (C=O) groups excluding carboxylic acids is 1. The van der Waals surface area contributed by atoms with Crippen LogP contribution in [0.4, 0.5) is 0 Å². The van der Waals surface area contributed by atoms with Gasteiger partial charge in [0.2, 0.25) is 5.91 Å². The van der Waals surface area contributed by atoms with E-state index in [1.54, 1.807) is 36.1 Å². The Bertz CT molecular complexity index is 928. The maximum atomic E-state index is 13.5. The second kappa shape index (κ2) is 9.67. The topological polar surface area (TPSA) is 57.6 Å². The molecule has 0 aliphatic carbocycles. The zero-order valence-electron chi connectivity index (χ0n) is 16.8. The predicted molar refractivity (Wildman–Crippen MR) is 120 cm³/mol. The maximum Gasteiger partial charge on any atom is 0.326 e. The molecule has 1 fully saturated rings. The summed E-state index contributed by atoms with van der Waals surface area (Å²) in [6.07, 6.45) is 3.12. The first-order valence-electron chi connectivity index (χ1n) is 10.0. The van der Waals surface area contributed by atoms with Gasteiger partial charge in [0.05, 0.1) is 6.04 Å². The van der Waals surface area contributed by atoms with Crippen LogP contribution in [0.15, 0.2) is 61.2 Å². The summed E-state index contributed by atoms with van der Waals surface area (Å²) >= 11 is 12.4. The number of amides is 1. The Morgan fingerprint density at radius 2 is 1.90 bits per heavy atom. The number of rotatable bonds is 7. The number of allylic oxidation sites excluding steroid dienone is 1. The number of nitrogens with zero attached hydrogens (tertiary/aromatic N) is 1. The first-order valence-corrected chi connectivity index (χ1v) is 10.8. The van der Waals surface area contributed by atoms with Crippen LogP contribution in [0, 0.1) is 5.92 Å². The Kier molecular flexibility index (Phi) is 7.22. The molecule has 1 aliphatic rings. The van der Waals surface area contributed by atoms with Crippen LogP contribution >= 0.6 is 23.2 Å². The molecular weight excluding hydrogens is 421 g/mol. The van der Waals surface area contributed by atoms with Crippen molar-refractivity contribution in [2.24, 2.45) is 5.92 Å². The van der Waals surface area contributed by atoms with E-state index in [-0.39, 0.29) is 17.7 Å². The quantitative estimate of drug-likeness (QED) is 0.523. The minimum atomic E-state index is -1.01. The van der Waals surface area contributed by atoms with Crippen LogP contribution in [-0.2, 0) is 9.59 Å². The van der Waals surface area contributed by atoms with E-state index in [0.717, 1.165) is 11.1 Å². The molecule has 0 saturated carbocycles. The van der Waals surface area contributed by atoms with E-state index in [1.807, 2.05) is 30.3 Å². The second-order valence-electron chi connectivity index (χ2n) is 7.62. The van der Waals surface area contributed by atoms with Crippen molar-refractivity contribution < 1.29 is 14.7 Å². The fourth-order valence-electron chi connectivity index (χ4n) is 4.42. The van der Waals surface area contributed by atoms with Crippen LogP contribution in [-0.4, -0.2) is 27.9 Å². The largest absolute Gasteiger partial charge is 0.480 e. The Morgan fingerprint density at radius 1 is 1.20 bits per heavy atom. The maximum absolute atomic E-state index is 13.5. The molecule has 30 heavy (non-hydrogen) atoms. The first-order chi connectivity index (χ1) is 14.4. The van der Waals surface area contributed by atoms with Gasteiger partial charge in [-0.3, -0.25) is 4.79 Å². The number of halogens is 2. The molecule has 1 aliphatic heterocycles. The third-order valence-electron chi connectivity index (χ3n) is 5.77. The van der Waals surface area contributed by atoms with Gasteiger partial charge < -0.3 is 10.0 Å². The molecule has 1 saturated heterocycles. The Hall–Kier alpha value is -2.30. The van der Waals surface area contributed by atoms with Crippen molar-refractivity contribution in [2.45, 2.75) is 44.2 Å². The molecule has 0 radical (unpaired) electrons. The predicted octanol–water partition coefficient (Wildman–Crippen LogP) is 6.11. The lowest BCUT2D eigenvalue weighted by atomic mass is 9.74. The van der Waals surface area contributed by atoms with Crippen LogP contribution in [0.2, 0.25) is 10.0 Å². The summed E-state index contributed by atoms with van der Waals surface area (Å²) < 4.78 is 0. The third-order valence-corrected chi connectivity index (χ3v) is 6.26. The number of likely N-dealkylation sites (tertiary alicyclic amines) is 1. The normalized spacial score (nSPS) is 22.6. The highest BCUT2D eigenvalue weighted by molar-refractivity contribution is 6.30. The highest BCUT2D eigenvalue weighted by Gasteiger charge is 2.46. The van der Waals surface area contributed by atoms with Crippen molar-refractivity contribution in [3.63, 3.8) is 0 Å². The molecule has 4 atom stereocenters. The molecule has 2 aromatic carbocycles. The molecule has 0 bridgehead atoms. The summed E-state index contributed by atoms with van der Waals surface area (Å²) in [5.41, 5.74) is 1.84. The van der Waals surface area contributed by atoms with Crippen LogP contribution in [0.1, 0.15) is 49.3 Å². The molecule has 0 spiro atoms. The molecule has 6 heteroatoms. The molecule has 0 aromatic heterocycles. The van der Waals surface area contributed by atoms with Crippen molar-refractivity contribution >= 4 is 35.1 Å². The Balaban J connectivity index is 2.20. The number of benzene rings is 2. The average molecular weight is 446 g/mol. The Labute approximate surface area is 187 Å². The van der Waals surface area contributed by atoms with Gasteiger partial charge in [-0.1, -0.05) is 60.5 Å². The van der Waals surface area contributed by atoms with E-state index in [4.69, 9.17) is 23.2 Å². The van der Waals surface area contributed by atoms with E-state index in [0.29, 0.717) is 29.3 Å². The summed E-state index contributed by atoms with van der Waals surface area (Å²) in [5.74, 6) is -1.60. The molecule has 2 aromatic rings. The highest BCUT2D eigenvalue weighted by atomic mass is 35.5. The van der Waals surface area contributed by atoms with Gasteiger partial charge in [-0.05, 0) is 54.7 Å². The van der Waals surface area contributed by atoms with Gasteiger partial charge >= 0.3 is 5.97 Å². The van der Waals surface area contributed by atoms with Crippen LogP contribution in [0.3, 0.4) is 0 Å². The fourth-order valence-corrected chi connectivity index (χ4v) is 4.75. The third kappa shape index (κ3) is 4.55. The lowest BCUT2D eigenvalue weighted by molar-refractivity contribution is -0.159. The van der Waals surface area contributed by atoms with Gasteiger partial charge in [-0.15, -0.1) is 6.58 Å². The van der Waals surface area contributed by atoms with Crippen molar-refractivity contribution in [2.75, 3.05) is 0 Å². The molecule has 0 unspecified atom stereocenters. The molecule has 1 amide bonds. The lowest BCUT2D eigenvalue weighted by Gasteiger charge is -2.47. The highest BCUT2D eigenvalue weighted by Crippen LogP contribution is 2.47. The van der Waals surface area contributed by atoms with Crippen LogP contribution in [0.25, 0.3) is 0 Å². The van der Waals surface area contributed by atoms with Gasteiger partial charge in [0.15, 0.2) is 0 Å².